The van der Waals surface area contributed by atoms with Crippen LogP contribution in [-0.4, -0.2) is 24.0 Å². The Labute approximate surface area is 105 Å². The highest BCUT2D eigenvalue weighted by molar-refractivity contribution is 5.96. The molecule has 1 aromatic heterocycles. The summed E-state index contributed by atoms with van der Waals surface area (Å²) in [6.07, 6.45) is 3.43. The number of pyridine rings is 1. The molecule has 0 fully saturated rings. The van der Waals surface area contributed by atoms with Gasteiger partial charge in [0.15, 0.2) is 0 Å². The summed E-state index contributed by atoms with van der Waals surface area (Å²) in [5, 5.41) is 2.75. The molecule has 0 bridgehead atoms. The predicted octanol–water partition coefficient (Wildman–Crippen LogP) is 2.01. The molecule has 0 aliphatic carbocycles. The number of ether oxygens (including phenoxy) is 1. The predicted molar refractivity (Wildman–Crippen MR) is 65.3 cm³/mol. The van der Waals surface area contributed by atoms with Crippen LogP contribution in [0.3, 0.4) is 0 Å². The van der Waals surface area contributed by atoms with Crippen molar-refractivity contribution in [2.24, 2.45) is 0 Å². The Morgan fingerprint density at radius 1 is 1.67 bits per heavy atom. The van der Waals surface area contributed by atoms with Crippen molar-refractivity contribution in [2.45, 2.75) is 19.8 Å². The number of nitrogens with zero attached hydrogens (tertiary/aromatic N) is 1. The van der Waals surface area contributed by atoms with Crippen LogP contribution < -0.4 is 10.1 Å². The van der Waals surface area contributed by atoms with Gasteiger partial charge in [0.1, 0.15) is 6.61 Å². The molecule has 18 heavy (non-hydrogen) atoms. The first-order valence-electron chi connectivity index (χ1n) is 5.92. The van der Waals surface area contributed by atoms with Crippen LogP contribution in [0.2, 0.25) is 0 Å². The SMILES string of the molecule is CC/C(=C\F)COc1cc2c(cn1)C(=O)NCC2. The first-order valence-corrected chi connectivity index (χ1v) is 5.92. The highest BCUT2D eigenvalue weighted by Crippen LogP contribution is 2.18. The van der Waals surface area contributed by atoms with E-state index in [2.05, 4.69) is 10.3 Å². The van der Waals surface area contributed by atoms with E-state index in [1.165, 1.54) is 6.20 Å². The monoisotopic (exact) mass is 250 g/mol. The van der Waals surface area contributed by atoms with Gasteiger partial charge in [0.05, 0.1) is 11.9 Å². The Morgan fingerprint density at radius 2 is 2.50 bits per heavy atom. The topological polar surface area (TPSA) is 51.2 Å². The molecule has 1 aromatic rings. The number of carbonyl (C=O) groups excluding carboxylic acids is 1. The standard InChI is InChI=1S/C13H15FN2O2/c1-2-9(6-14)8-18-12-5-10-3-4-15-13(17)11(10)7-16-12/h5-7H,2-4,8H2,1H3,(H,15,17)/b9-6+. The lowest BCUT2D eigenvalue weighted by molar-refractivity contribution is 0.0945. The van der Waals surface area contributed by atoms with Crippen molar-refractivity contribution in [1.29, 1.82) is 0 Å². The van der Waals surface area contributed by atoms with Crippen LogP contribution in [0, 0.1) is 0 Å². The molecule has 0 radical (unpaired) electrons. The van der Waals surface area contributed by atoms with E-state index in [0.29, 0.717) is 36.3 Å². The van der Waals surface area contributed by atoms with Crippen molar-refractivity contribution < 1.29 is 13.9 Å². The molecule has 1 amide bonds. The fourth-order valence-electron chi connectivity index (χ4n) is 1.75. The van der Waals surface area contributed by atoms with Gasteiger partial charge in [-0.05, 0) is 24.0 Å². The van der Waals surface area contributed by atoms with E-state index >= 15 is 0 Å². The Morgan fingerprint density at radius 3 is 3.22 bits per heavy atom. The molecule has 0 aromatic carbocycles. The minimum absolute atomic E-state index is 0.104. The minimum Gasteiger partial charge on any atom is -0.473 e. The van der Waals surface area contributed by atoms with Crippen LogP contribution >= 0.6 is 0 Å². The fraction of sp³-hybridized carbons (Fsp3) is 0.385. The van der Waals surface area contributed by atoms with Crippen molar-refractivity contribution in [3.8, 4) is 5.88 Å². The highest BCUT2D eigenvalue weighted by Gasteiger charge is 2.17. The summed E-state index contributed by atoms with van der Waals surface area (Å²) < 4.78 is 17.8. The maximum absolute atomic E-state index is 12.4. The number of amides is 1. The van der Waals surface area contributed by atoms with Gasteiger partial charge in [0.2, 0.25) is 5.88 Å². The maximum atomic E-state index is 12.4. The van der Waals surface area contributed by atoms with E-state index in [9.17, 15) is 9.18 Å². The number of halogens is 1. The van der Waals surface area contributed by atoms with Crippen molar-refractivity contribution in [2.75, 3.05) is 13.2 Å². The molecule has 1 aliphatic heterocycles. The summed E-state index contributed by atoms with van der Waals surface area (Å²) in [6.45, 7) is 2.67. The lowest BCUT2D eigenvalue weighted by atomic mass is 10.0. The van der Waals surface area contributed by atoms with Crippen molar-refractivity contribution in [3.05, 3.63) is 35.3 Å². The summed E-state index contributed by atoms with van der Waals surface area (Å²) >= 11 is 0. The molecule has 96 valence electrons. The van der Waals surface area contributed by atoms with Gasteiger partial charge in [0, 0.05) is 18.8 Å². The van der Waals surface area contributed by atoms with E-state index in [1.807, 2.05) is 6.92 Å². The maximum Gasteiger partial charge on any atom is 0.253 e. The summed E-state index contributed by atoms with van der Waals surface area (Å²) in [4.78, 5) is 15.6. The molecule has 0 saturated heterocycles. The zero-order valence-corrected chi connectivity index (χ0v) is 10.2. The van der Waals surface area contributed by atoms with Crippen molar-refractivity contribution >= 4 is 5.91 Å². The second-order valence-corrected chi connectivity index (χ2v) is 4.10. The lowest BCUT2D eigenvalue weighted by Gasteiger charge is -2.16. The third-order valence-electron chi connectivity index (χ3n) is 2.90. The normalized spacial score (nSPS) is 15.0. The highest BCUT2D eigenvalue weighted by atomic mass is 19.1. The number of hydrogen-bond acceptors (Lipinski definition) is 3. The van der Waals surface area contributed by atoms with Crippen LogP contribution in [0.4, 0.5) is 4.39 Å². The van der Waals surface area contributed by atoms with Gasteiger partial charge in [-0.2, -0.15) is 0 Å². The summed E-state index contributed by atoms with van der Waals surface area (Å²) in [6, 6.07) is 1.75. The third kappa shape index (κ3) is 2.67. The van der Waals surface area contributed by atoms with Crippen LogP contribution in [0.1, 0.15) is 29.3 Å². The molecule has 2 heterocycles. The fourth-order valence-corrected chi connectivity index (χ4v) is 1.75. The van der Waals surface area contributed by atoms with Gasteiger partial charge in [-0.25, -0.2) is 9.37 Å². The van der Waals surface area contributed by atoms with Crippen LogP contribution in [0.15, 0.2) is 24.2 Å². The molecule has 1 aliphatic rings. The number of rotatable bonds is 4. The smallest absolute Gasteiger partial charge is 0.253 e. The van der Waals surface area contributed by atoms with Gasteiger partial charge in [-0.1, -0.05) is 6.92 Å². The molecule has 1 N–H and O–H groups in total. The van der Waals surface area contributed by atoms with E-state index in [-0.39, 0.29) is 12.5 Å². The first kappa shape index (κ1) is 12.5. The number of aromatic nitrogens is 1. The van der Waals surface area contributed by atoms with Gasteiger partial charge in [-0.3, -0.25) is 4.79 Å². The summed E-state index contributed by atoms with van der Waals surface area (Å²) in [5.74, 6) is 0.324. The summed E-state index contributed by atoms with van der Waals surface area (Å²) in [5.41, 5.74) is 2.09. The van der Waals surface area contributed by atoms with Crippen LogP contribution in [0.25, 0.3) is 0 Å². The molecule has 0 unspecified atom stereocenters. The number of hydrogen-bond donors (Lipinski definition) is 1. The third-order valence-corrected chi connectivity index (χ3v) is 2.90. The largest absolute Gasteiger partial charge is 0.473 e. The summed E-state index contributed by atoms with van der Waals surface area (Å²) in [7, 11) is 0. The molecule has 0 atom stereocenters. The van der Waals surface area contributed by atoms with E-state index < -0.39 is 0 Å². The minimum atomic E-state index is -0.104. The number of carbonyl (C=O) groups is 1. The molecule has 0 saturated carbocycles. The average molecular weight is 250 g/mol. The average Bonchev–Trinajstić information content (AvgIpc) is 2.40. The quantitative estimate of drug-likeness (QED) is 0.889. The van der Waals surface area contributed by atoms with Crippen LogP contribution in [-0.2, 0) is 6.42 Å². The molecule has 5 heteroatoms. The lowest BCUT2D eigenvalue weighted by Crippen LogP contribution is -2.31. The Balaban J connectivity index is 2.09. The molecule has 0 spiro atoms. The van der Waals surface area contributed by atoms with Gasteiger partial charge >= 0.3 is 0 Å². The van der Waals surface area contributed by atoms with E-state index in [0.717, 1.165) is 12.0 Å². The number of fused-ring (bicyclic) bond motifs is 1. The van der Waals surface area contributed by atoms with E-state index in [1.54, 1.807) is 6.07 Å². The molecular formula is C13H15FN2O2. The zero-order chi connectivity index (χ0) is 13.0. The first-order chi connectivity index (χ1) is 8.74. The van der Waals surface area contributed by atoms with Crippen molar-refractivity contribution in [3.63, 3.8) is 0 Å². The zero-order valence-electron chi connectivity index (χ0n) is 10.2. The van der Waals surface area contributed by atoms with Gasteiger partial charge in [-0.15, -0.1) is 0 Å². The Hall–Kier alpha value is -1.91. The van der Waals surface area contributed by atoms with Crippen LogP contribution in [0.5, 0.6) is 5.88 Å². The van der Waals surface area contributed by atoms with Crippen molar-refractivity contribution in [1.82, 2.24) is 10.3 Å². The number of nitrogens with one attached hydrogen (secondary N) is 1. The Kier molecular flexibility index (Phi) is 3.92. The van der Waals surface area contributed by atoms with Gasteiger partial charge in [0.25, 0.3) is 5.91 Å². The second kappa shape index (κ2) is 5.62. The second-order valence-electron chi connectivity index (χ2n) is 4.10. The molecular weight excluding hydrogens is 235 g/mol. The Bertz CT molecular complexity index is 486. The van der Waals surface area contributed by atoms with Gasteiger partial charge < -0.3 is 10.1 Å². The molecule has 4 nitrogen and oxygen atoms in total. The molecule has 2 rings (SSSR count). The van der Waals surface area contributed by atoms with E-state index in [4.69, 9.17) is 4.74 Å².